The van der Waals surface area contributed by atoms with Crippen molar-refractivity contribution in [3.05, 3.63) is 6.33 Å². The number of nitrogens with zero attached hydrogens (tertiary/aromatic N) is 3. The highest BCUT2D eigenvalue weighted by atomic mass is 16.5. The first-order chi connectivity index (χ1) is 8.51. The predicted molar refractivity (Wildman–Crippen MR) is 75.0 cm³/mol. The lowest BCUT2D eigenvalue weighted by Crippen LogP contribution is -2.33. The van der Waals surface area contributed by atoms with Crippen molar-refractivity contribution >= 4 is 11.5 Å². The van der Waals surface area contributed by atoms with Gasteiger partial charge in [-0.3, -0.25) is 0 Å². The zero-order valence-corrected chi connectivity index (χ0v) is 12.0. The Balaban J connectivity index is 3.08. The fraction of sp³-hybridized carbons (Fsp3) is 0.692. The van der Waals surface area contributed by atoms with E-state index in [9.17, 15) is 0 Å². The first kappa shape index (κ1) is 14.5. The summed E-state index contributed by atoms with van der Waals surface area (Å²) in [4.78, 5) is 10.6. The average Bonchev–Trinajstić information content (AvgIpc) is 2.33. The lowest BCUT2D eigenvalue weighted by molar-refractivity contribution is 0.234. The molecule has 0 amide bonds. The van der Waals surface area contributed by atoms with Gasteiger partial charge >= 0.3 is 0 Å². The van der Waals surface area contributed by atoms with E-state index in [2.05, 4.69) is 35.6 Å². The van der Waals surface area contributed by atoms with E-state index < -0.39 is 0 Å². The van der Waals surface area contributed by atoms with Crippen LogP contribution in [0, 0.1) is 0 Å². The first-order valence-electron chi connectivity index (χ1n) is 6.54. The van der Waals surface area contributed by atoms with E-state index in [1.165, 1.54) is 6.33 Å². The van der Waals surface area contributed by atoms with Crippen molar-refractivity contribution < 1.29 is 4.74 Å². The monoisotopic (exact) mass is 252 g/mol. The minimum Gasteiger partial charge on any atom is -0.473 e. The van der Waals surface area contributed by atoms with Crippen molar-refractivity contribution in [3.8, 4) is 5.88 Å². The molecule has 0 aliphatic heterocycles. The Kier molecular flexibility index (Phi) is 5.19. The van der Waals surface area contributed by atoms with Gasteiger partial charge in [-0.15, -0.1) is 0 Å². The summed E-state index contributed by atoms with van der Waals surface area (Å²) in [5, 5.41) is 0. The SMILES string of the molecule is CCC(C)N(CC)c1ncnc(OC(C)C)c1N. The number of nitrogen functional groups attached to an aromatic ring is 1. The molecule has 18 heavy (non-hydrogen) atoms. The highest BCUT2D eigenvalue weighted by Gasteiger charge is 2.18. The maximum absolute atomic E-state index is 6.11. The molecule has 0 saturated carbocycles. The zero-order chi connectivity index (χ0) is 13.7. The van der Waals surface area contributed by atoms with E-state index in [0.29, 0.717) is 17.6 Å². The summed E-state index contributed by atoms with van der Waals surface area (Å²) in [5.41, 5.74) is 6.63. The summed E-state index contributed by atoms with van der Waals surface area (Å²) >= 11 is 0. The highest BCUT2D eigenvalue weighted by molar-refractivity contribution is 5.68. The number of anilines is 2. The van der Waals surface area contributed by atoms with Crippen LogP contribution in [0.4, 0.5) is 11.5 Å². The molecule has 0 spiro atoms. The number of ether oxygens (including phenoxy) is 1. The van der Waals surface area contributed by atoms with Gasteiger partial charge in [0.25, 0.3) is 0 Å². The molecular formula is C13H24N4O. The van der Waals surface area contributed by atoms with Gasteiger partial charge < -0.3 is 15.4 Å². The van der Waals surface area contributed by atoms with Crippen molar-refractivity contribution in [1.82, 2.24) is 9.97 Å². The Labute approximate surface area is 109 Å². The lowest BCUT2D eigenvalue weighted by Gasteiger charge is -2.29. The van der Waals surface area contributed by atoms with Crippen molar-refractivity contribution in [2.75, 3.05) is 17.2 Å². The summed E-state index contributed by atoms with van der Waals surface area (Å²) < 4.78 is 5.59. The van der Waals surface area contributed by atoms with Gasteiger partial charge in [0.1, 0.15) is 12.0 Å². The molecule has 1 heterocycles. The third-order valence-electron chi connectivity index (χ3n) is 2.91. The van der Waals surface area contributed by atoms with Crippen LogP contribution in [0.3, 0.4) is 0 Å². The fourth-order valence-corrected chi connectivity index (χ4v) is 1.81. The van der Waals surface area contributed by atoms with Crippen LogP contribution >= 0.6 is 0 Å². The van der Waals surface area contributed by atoms with Crippen molar-refractivity contribution in [2.24, 2.45) is 0 Å². The van der Waals surface area contributed by atoms with Crippen LogP contribution in [0.5, 0.6) is 5.88 Å². The van der Waals surface area contributed by atoms with E-state index in [0.717, 1.165) is 18.8 Å². The third kappa shape index (κ3) is 3.24. The minimum absolute atomic E-state index is 0.0497. The van der Waals surface area contributed by atoms with Gasteiger partial charge in [0.05, 0.1) is 6.10 Å². The fourth-order valence-electron chi connectivity index (χ4n) is 1.81. The molecular weight excluding hydrogens is 228 g/mol. The molecule has 0 aliphatic rings. The summed E-state index contributed by atoms with van der Waals surface area (Å²) in [7, 11) is 0. The van der Waals surface area contributed by atoms with E-state index in [-0.39, 0.29) is 6.10 Å². The van der Waals surface area contributed by atoms with Gasteiger partial charge in [0.2, 0.25) is 5.88 Å². The first-order valence-corrected chi connectivity index (χ1v) is 6.54. The highest BCUT2D eigenvalue weighted by Crippen LogP contribution is 2.29. The van der Waals surface area contributed by atoms with Crippen LogP contribution in [-0.2, 0) is 0 Å². The largest absolute Gasteiger partial charge is 0.473 e. The predicted octanol–water partition coefficient (Wildman–Crippen LogP) is 2.47. The minimum atomic E-state index is 0.0497. The number of nitrogens with two attached hydrogens (primary N) is 1. The molecule has 0 fully saturated rings. The quantitative estimate of drug-likeness (QED) is 0.842. The second-order valence-corrected chi connectivity index (χ2v) is 4.63. The second-order valence-electron chi connectivity index (χ2n) is 4.63. The molecule has 1 atom stereocenters. The molecule has 0 bridgehead atoms. The smallest absolute Gasteiger partial charge is 0.242 e. The van der Waals surface area contributed by atoms with Crippen LogP contribution in [0.2, 0.25) is 0 Å². The van der Waals surface area contributed by atoms with Crippen molar-refractivity contribution in [2.45, 2.75) is 53.2 Å². The second kappa shape index (κ2) is 6.42. The van der Waals surface area contributed by atoms with Crippen LogP contribution < -0.4 is 15.4 Å². The Hall–Kier alpha value is -1.52. The Bertz CT molecular complexity index is 381. The molecule has 5 nitrogen and oxygen atoms in total. The number of aromatic nitrogens is 2. The zero-order valence-electron chi connectivity index (χ0n) is 12.0. The number of hydrogen-bond acceptors (Lipinski definition) is 5. The summed E-state index contributed by atoms with van der Waals surface area (Å²) in [5.74, 6) is 1.23. The topological polar surface area (TPSA) is 64.3 Å². The third-order valence-corrected chi connectivity index (χ3v) is 2.91. The standard InChI is InChI=1S/C13H24N4O/c1-6-10(5)17(7-2)12-11(14)13(16-8-15-12)18-9(3)4/h8-10H,6-7,14H2,1-5H3. The molecule has 102 valence electrons. The molecule has 0 saturated heterocycles. The van der Waals surface area contributed by atoms with E-state index in [1.54, 1.807) is 0 Å². The Morgan fingerprint density at radius 1 is 1.28 bits per heavy atom. The molecule has 2 N–H and O–H groups in total. The maximum atomic E-state index is 6.11. The van der Waals surface area contributed by atoms with Crippen LogP contribution in [0.25, 0.3) is 0 Å². The Morgan fingerprint density at radius 3 is 2.44 bits per heavy atom. The molecule has 0 radical (unpaired) electrons. The maximum Gasteiger partial charge on any atom is 0.242 e. The molecule has 1 aromatic heterocycles. The molecule has 1 aromatic rings. The van der Waals surface area contributed by atoms with Gasteiger partial charge in [-0.05, 0) is 34.1 Å². The van der Waals surface area contributed by atoms with Gasteiger partial charge in [0, 0.05) is 12.6 Å². The van der Waals surface area contributed by atoms with Crippen molar-refractivity contribution in [1.29, 1.82) is 0 Å². The van der Waals surface area contributed by atoms with Gasteiger partial charge in [0.15, 0.2) is 5.82 Å². The average molecular weight is 252 g/mol. The molecule has 1 unspecified atom stereocenters. The van der Waals surface area contributed by atoms with Gasteiger partial charge in [-0.25, -0.2) is 4.98 Å². The number of rotatable bonds is 6. The van der Waals surface area contributed by atoms with Crippen LogP contribution in [0.1, 0.15) is 41.0 Å². The van der Waals surface area contributed by atoms with Gasteiger partial charge in [-0.1, -0.05) is 6.92 Å². The lowest BCUT2D eigenvalue weighted by atomic mass is 10.2. The van der Waals surface area contributed by atoms with Crippen LogP contribution in [-0.4, -0.2) is 28.7 Å². The molecule has 1 rings (SSSR count). The van der Waals surface area contributed by atoms with Gasteiger partial charge in [-0.2, -0.15) is 4.98 Å². The van der Waals surface area contributed by atoms with E-state index >= 15 is 0 Å². The number of hydrogen-bond donors (Lipinski definition) is 1. The van der Waals surface area contributed by atoms with E-state index in [1.807, 2.05) is 13.8 Å². The summed E-state index contributed by atoms with van der Waals surface area (Å²) in [6, 6.07) is 0.388. The summed E-state index contributed by atoms with van der Waals surface area (Å²) in [6.45, 7) is 11.2. The molecule has 5 heteroatoms. The van der Waals surface area contributed by atoms with Crippen molar-refractivity contribution in [3.63, 3.8) is 0 Å². The summed E-state index contributed by atoms with van der Waals surface area (Å²) in [6.07, 6.45) is 2.60. The molecule has 0 aromatic carbocycles. The Morgan fingerprint density at radius 2 is 1.94 bits per heavy atom. The molecule has 0 aliphatic carbocycles. The normalized spacial score (nSPS) is 12.6. The van der Waals surface area contributed by atoms with E-state index in [4.69, 9.17) is 10.5 Å². The van der Waals surface area contributed by atoms with Crippen LogP contribution in [0.15, 0.2) is 6.33 Å².